The molecule has 3 heterocycles. The van der Waals surface area contributed by atoms with Crippen molar-refractivity contribution in [3.05, 3.63) is 46.8 Å². The number of rotatable bonds is 10. The minimum atomic E-state index is -0.718. The third-order valence-electron chi connectivity index (χ3n) is 5.90. The fraction of sp³-hybridized carbons (Fsp3) is 0.478. The van der Waals surface area contributed by atoms with Crippen molar-refractivity contribution in [3.8, 4) is 5.75 Å². The van der Waals surface area contributed by atoms with E-state index in [1.807, 2.05) is 6.07 Å². The lowest BCUT2D eigenvalue weighted by molar-refractivity contribution is -0.125. The van der Waals surface area contributed by atoms with E-state index < -0.39 is 6.04 Å². The molecule has 2 aliphatic rings. The van der Waals surface area contributed by atoms with Crippen LogP contribution in [0.25, 0.3) is 0 Å². The maximum absolute atomic E-state index is 13.0. The number of amides is 2. The molecule has 176 valence electrons. The van der Waals surface area contributed by atoms with Gasteiger partial charge in [-0.15, -0.1) is 0 Å². The number of hydrogen-bond acceptors (Lipinski definition) is 8. The van der Waals surface area contributed by atoms with Gasteiger partial charge in [0.15, 0.2) is 5.76 Å². The Morgan fingerprint density at radius 3 is 2.91 bits per heavy atom. The minimum Gasteiger partial charge on any atom is -0.485 e. The van der Waals surface area contributed by atoms with E-state index in [0.29, 0.717) is 23.6 Å². The summed E-state index contributed by atoms with van der Waals surface area (Å²) in [7, 11) is 1.52. The average molecular weight is 456 g/mol. The maximum atomic E-state index is 13.0. The Balaban J connectivity index is 1.42. The number of benzene rings is 1. The molecule has 1 fully saturated rings. The Hall–Kier alpha value is -3.24. The molecule has 4 rings (SSSR count). The Kier molecular flexibility index (Phi) is 7.36. The second-order valence-electron chi connectivity index (χ2n) is 8.05. The van der Waals surface area contributed by atoms with E-state index in [2.05, 4.69) is 15.4 Å². The first-order chi connectivity index (χ1) is 16.1. The van der Waals surface area contributed by atoms with Gasteiger partial charge in [0.25, 0.3) is 5.91 Å². The Labute approximate surface area is 191 Å². The number of fused-ring (bicyclic) bond motifs is 1. The van der Waals surface area contributed by atoms with Gasteiger partial charge >= 0.3 is 0 Å². The number of hydrogen-bond donors (Lipinski definition) is 1. The fourth-order valence-electron chi connectivity index (χ4n) is 4.17. The van der Waals surface area contributed by atoms with E-state index in [0.717, 1.165) is 43.8 Å². The number of nitrogens with zero attached hydrogens (tertiary/aromatic N) is 3. The number of morpholine rings is 1. The van der Waals surface area contributed by atoms with Crippen molar-refractivity contribution < 1.29 is 28.4 Å². The highest BCUT2D eigenvalue weighted by Gasteiger charge is 2.37. The molecule has 1 unspecified atom stereocenters. The van der Waals surface area contributed by atoms with Gasteiger partial charge in [0.1, 0.15) is 24.7 Å². The average Bonchev–Trinajstić information content (AvgIpc) is 3.43. The first kappa shape index (κ1) is 22.9. The summed E-state index contributed by atoms with van der Waals surface area (Å²) in [6, 6.07) is 6.42. The van der Waals surface area contributed by atoms with Crippen LogP contribution < -0.4 is 10.1 Å². The van der Waals surface area contributed by atoms with Crippen LogP contribution in [0.3, 0.4) is 0 Å². The molecule has 2 aromatic rings. The van der Waals surface area contributed by atoms with Gasteiger partial charge in [0, 0.05) is 50.3 Å². The molecule has 1 aromatic carbocycles. The van der Waals surface area contributed by atoms with Crippen molar-refractivity contribution >= 4 is 18.1 Å². The number of carbonyl (C=O) groups is 3. The monoisotopic (exact) mass is 456 g/mol. The highest BCUT2D eigenvalue weighted by atomic mass is 16.5. The van der Waals surface area contributed by atoms with E-state index in [1.165, 1.54) is 11.9 Å². The number of nitrogens with one attached hydrogen (secondary N) is 1. The van der Waals surface area contributed by atoms with Crippen LogP contribution >= 0.6 is 0 Å². The van der Waals surface area contributed by atoms with E-state index in [-0.39, 0.29) is 37.8 Å². The quantitative estimate of drug-likeness (QED) is 0.530. The molecule has 33 heavy (non-hydrogen) atoms. The van der Waals surface area contributed by atoms with Crippen molar-refractivity contribution in [2.24, 2.45) is 0 Å². The normalized spacial score (nSPS) is 17.0. The molecule has 10 nitrogen and oxygen atoms in total. The number of carbonyl (C=O) groups excluding carboxylic acids is 3. The van der Waals surface area contributed by atoms with Gasteiger partial charge in [0.2, 0.25) is 5.91 Å². The highest BCUT2D eigenvalue weighted by molar-refractivity contribution is 6.01. The zero-order valence-electron chi connectivity index (χ0n) is 18.6. The minimum absolute atomic E-state index is 0.171. The predicted octanol–water partition coefficient (Wildman–Crippen LogP) is 1.14. The predicted molar refractivity (Wildman–Crippen MR) is 116 cm³/mol. The van der Waals surface area contributed by atoms with Crippen LogP contribution in [0.2, 0.25) is 0 Å². The van der Waals surface area contributed by atoms with E-state index in [9.17, 15) is 14.4 Å². The lowest BCUT2D eigenvalue weighted by Crippen LogP contribution is -2.46. The molecule has 2 aliphatic heterocycles. The number of aromatic nitrogens is 1. The number of ether oxygens (including phenoxy) is 2. The smallest absolute Gasteiger partial charge is 0.255 e. The van der Waals surface area contributed by atoms with Gasteiger partial charge in [-0.2, -0.15) is 0 Å². The van der Waals surface area contributed by atoms with Gasteiger partial charge in [-0.3, -0.25) is 14.5 Å². The lowest BCUT2D eigenvalue weighted by atomic mass is 10.1. The lowest BCUT2D eigenvalue weighted by Gasteiger charge is -2.25. The van der Waals surface area contributed by atoms with Gasteiger partial charge in [-0.1, -0.05) is 11.2 Å². The summed E-state index contributed by atoms with van der Waals surface area (Å²) in [5.74, 6) is 0.601. The van der Waals surface area contributed by atoms with E-state index >= 15 is 0 Å². The largest absolute Gasteiger partial charge is 0.485 e. The maximum Gasteiger partial charge on any atom is 0.255 e. The van der Waals surface area contributed by atoms with Crippen molar-refractivity contribution in [1.82, 2.24) is 20.3 Å². The van der Waals surface area contributed by atoms with Crippen molar-refractivity contribution in [2.45, 2.75) is 38.6 Å². The summed E-state index contributed by atoms with van der Waals surface area (Å²) in [4.78, 5) is 40.0. The van der Waals surface area contributed by atoms with Crippen LogP contribution in [0.5, 0.6) is 5.75 Å². The topological polar surface area (TPSA) is 114 Å². The van der Waals surface area contributed by atoms with Gasteiger partial charge in [-0.05, 0) is 18.6 Å². The molecular weight excluding hydrogens is 428 g/mol. The first-order valence-corrected chi connectivity index (χ1v) is 11.1. The Morgan fingerprint density at radius 1 is 1.33 bits per heavy atom. The van der Waals surface area contributed by atoms with Gasteiger partial charge in [0.05, 0.1) is 25.5 Å². The summed E-state index contributed by atoms with van der Waals surface area (Å²) in [6.07, 6.45) is 1.21. The van der Waals surface area contributed by atoms with Crippen LogP contribution in [0, 0.1) is 0 Å². The molecule has 1 N–H and O–H groups in total. The fourth-order valence-corrected chi connectivity index (χ4v) is 4.17. The van der Waals surface area contributed by atoms with Crippen LogP contribution in [0.4, 0.5) is 0 Å². The van der Waals surface area contributed by atoms with Gasteiger partial charge < -0.3 is 29.0 Å². The third-order valence-corrected chi connectivity index (χ3v) is 5.90. The Bertz CT molecular complexity index is 1000. The molecule has 0 radical (unpaired) electrons. The second-order valence-corrected chi connectivity index (χ2v) is 8.05. The zero-order valence-corrected chi connectivity index (χ0v) is 18.6. The molecule has 2 amide bonds. The molecule has 0 aliphatic carbocycles. The second kappa shape index (κ2) is 10.6. The molecule has 0 spiro atoms. The SMILES string of the molecule is CNC(=O)C(CCC=O)N1Cc2c(OCc3cc(CN4CCOCC4)no3)cccc2C1=O. The van der Waals surface area contributed by atoms with Crippen molar-refractivity contribution in [1.29, 1.82) is 0 Å². The molecule has 0 bridgehead atoms. The third kappa shape index (κ3) is 5.23. The summed E-state index contributed by atoms with van der Waals surface area (Å²) < 4.78 is 16.8. The highest BCUT2D eigenvalue weighted by Crippen LogP contribution is 2.33. The summed E-state index contributed by atoms with van der Waals surface area (Å²) in [6.45, 7) is 4.27. The van der Waals surface area contributed by atoms with Gasteiger partial charge in [-0.25, -0.2) is 0 Å². The standard InChI is InChI=1S/C23H28N4O6/c1-24-22(29)20(5-3-9-28)27-14-19-18(23(27)30)4-2-6-21(19)32-15-17-12-16(25-33-17)13-26-7-10-31-11-8-26/h2,4,6,9,12,20H,3,5,7-8,10-11,13-15H2,1H3,(H,24,29). The van der Waals surface area contributed by atoms with Crippen LogP contribution in [0.1, 0.15) is 40.2 Å². The molecular formula is C23H28N4O6. The number of aldehydes is 1. The number of likely N-dealkylation sites (N-methyl/N-ethyl adjacent to an activating group) is 1. The zero-order chi connectivity index (χ0) is 23.2. The van der Waals surface area contributed by atoms with Crippen LogP contribution in [-0.2, 0) is 34.0 Å². The van der Waals surface area contributed by atoms with Crippen LogP contribution in [0.15, 0.2) is 28.8 Å². The molecule has 10 heteroatoms. The van der Waals surface area contributed by atoms with Crippen LogP contribution in [-0.4, -0.2) is 72.4 Å². The van der Waals surface area contributed by atoms with Crippen molar-refractivity contribution in [3.63, 3.8) is 0 Å². The van der Waals surface area contributed by atoms with E-state index in [4.69, 9.17) is 14.0 Å². The summed E-state index contributed by atoms with van der Waals surface area (Å²) in [5.41, 5.74) is 2.05. The van der Waals surface area contributed by atoms with E-state index in [1.54, 1.807) is 18.2 Å². The molecule has 1 atom stereocenters. The molecule has 1 saturated heterocycles. The molecule has 1 aromatic heterocycles. The Morgan fingerprint density at radius 2 is 2.15 bits per heavy atom. The first-order valence-electron chi connectivity index (χ1n) is 11.1. The summed E-state index contributed by atoms with van der Waals surface area (Å²) >= 11 is 0. The van der Waals surface area contributed by atoms with Crippen molar-refractivity contribution in [2.75, 3.05) is 33.4 Å². The summed E-state index contributed by atoms with van der Waals surface area (Å²) in [5, 5.41) is 6.71. The molecule has 0 saturated carbocycles.